The molecule has 5 rings (SSSR count). The molecule has 2 bridgehead atoms. The topological polar surface area (TPSA) is 90.0 Å². The molecule has 2 fully saturated rings. The van der Waals surface area contributed by atoms with Crippen molar-refractivity contribution in [3.8, 4) is 5.75 Å². The van der Waals surface area contributed by atoms with Gasteiger partial charge >= 0.3 is 5.97 Å². The highest BCUT2D eigenvalue weighted by Crippen LogP contribution is 2.53. The number of allylic oxidation sites excluding steroid dienone is 2. The second-order valence-electron chi connectivity index (χ2n) is 9.01. The van der Waals surface area contributed by atoms with Crippen molar-refractivity contribution in [1.29, 1.82) is 0 Å². The predicted octanol–water partition coefficient (Wildman–Crippen LogP) is 2.84. The molecule has 34 heavy (non-hydrogen) atoms. The number of Topliss-reactive ketones (excluding diaryl/α,β-unsaturated/α-hetero) is 1. The fourth-order valence-electron chi connectivity index (χ4n) is 5.46. The monoisotopic (exact) mass is 459 g/mol. The van der Waals surface area contributed by atoms with Crippen LogP contribution in [-0.4, -0.2) is 48.2 Å². The molecule has 0 aromatic heterocycles. The summed E-state index contributed by atoms with van der Waals surface area (Å²) in [6.07, 6.45) is 4.96. The second-order valence-corrected chi connectivity index (χ2v) is 9.01. The number of imide groups is 1. The normalized spacial score (nSPS) is 25.4. The fourth-order valence-corrected chi connectivity index (χ4v) is 5.46. The fraction of sp³-hybridized carbons (Fsp3) is 0.333. The molecule has 2 amide bonds. The molecule has 0 unspecified atom stereocenters. The van der Waals surface area contributed by atoms with Crippen LogP contribution in [0.1, 0.15) is 22.3 Å². The summed E-state index contributed by atoms with van der Waals surface area (Å²) in [4.78, 5) is 53.6. The van der Waals surface area contributed by atoms with E-state index in [-0.39, 0.29) is 30.1 Å². The second kappa shape index (κ2) is 8.89. The van der Waals surface area contributed by atoms with E-state index in [0.29, 0.717) is 11.3 Å². The standard InChI is InChI=1S/C27H25NO6/c1-33-20-9-5-8-17(14-20)22(29)15-34-27(32)21(12-16-6-3-2-4-7-16)28-25(30)23-18-10-11-19(13-18)24(23)26(28)31/h2-11,14,18-19,21,23-24H,12-13,15H2,1H3/t18-,19-,21-,23-,24-/m0/s1. The molecule has 0 radical (unpaired) electrons. The van der Waals surface area contributed by atoms with Crippen LogP contribution in [0.3, 0.4) is 0 Å². The molecule has 1 saturated carbocycles. The lowest BCUT2D eigenvalue weighted by Gasteiger charge is -2.26. The van der Waals surface area contributed by atoms with E-state index in [9.17, 15) is 19.2 Å². The van der Waals surface area contributed by atoms with Gasteiger partial charge in [-0.1, -0.05) is 54.6 Å². The first kappa shape index (κ1) is 22.1. The van der Waals surface area contributed by atoms with E-state index in [2.05, 4.69) is 0 Å². The highest BCUT2D eigenvalue weighted by molar-refractivity contribution is 6.09. The summed E-state index contributed by atoms with van der Waals surface area (Å²) in [6.45, 7) is -0.493. The molecule has 1 aliphatic heterocycles. The number of benzene rings is 2. The van der Waals surface area contributed by atoms with Crippen LogP contribution in [0.5, 0.6) is 5.75 Å². The van der Waals surface area contributed by atoms with Gasteiger partial charge in [0.25, 0.3) is 0 Å². The first-order valence-corrected chi connectivity index (χ1v) is 11.4. The number of nitrogens with zero attached hydrogens (tertiary/aromatic N) is 1. The van der Waals surface area contributed by atoms with Crippen molar-refractivity contribution in [1.82, 2.24) is 4.90 Å². The van der Waals surface area contributed by atoms with E-state index in [1.54, 1.807) is 24.3 Å². The number of esters is 1. The van der Waals surface area contributed by atoms with E-state index in [1.165, 1.54) is 7.11 Å². The zero-order valence-electron chi connectivity index (χ0n) is 18.8. The Morgan fingerprint density at radius 2 is 1.65 bits per heavy atom. The van der Waals surface area contributed by atoms with Gasteiger partial charge in [-0.2, -0.15) is 0 Å². The largest absolute Gasteiger partial charge is 0.497 e. The molecular formula is C27H25NO6. The number of ketones is 1. The maximum atomic E-state index is 13.3. The van der Waals surface area contributed by atoms with Gasteiger partial charge in [0, 0.05) is 12.0 Å². The Morgan fingerprint density at radius 1 is 0.971 bits per heavy atom. The molecule has 5 atom stereocenters. The summed E-state index contributed by atoms with van der Waals surface area (Å²) in [5, 5.41) is 0. The van der Waals surface area contributed by atoms with Crippen molar-refractivity contribution in [2.24, 2.45) is 23.7 Å². The quantitative estimate of drug-likeness (QED) is 0.261. The molecule has 174 valence electrons. The van der Waals surface area contributed by atoms with Crippen LogP contribution in [-0.2, 0) is 25.5 Å². The highest BCUT2D eigenvalue weighted by atomic mass is 16.5. The predicted molar refractivity (Wildman–Crippen MR) is 122 cm³/mol. The molecule has 1 heterocycles. The van der Waals surface area contributed by atoms with Gasteiger partial charge in [0.05, 0.1) is 18.9 Å². The Morgan fingerprint density at radius 3 is 2.29 bits per heavy atom. The van der Waals surface area contributed by atoms with Crippen LogP contribution in [0.15, 0.2) is 66.7 Å². The lowest BCUT2D eigenvalue weighted by atomic mass is 9.85. The average Bonchev–Trinajstić information content (AvgIpc) is 3.55. The van der Waals surface area contributed by atoms with Gasteiger partial charge in [-0.15, -0.1) is 0 Å². The Balaban J connectivity index is 1.36. The minimum atomic E-state index is -1.12. The van der Waals surface area contributed by atoms with E-state index in [1.807, 2.05) is 42.5 Å². The lowest BCUT2D eigenvalue weighted by molar-refractivity contribution is -0.158. The summed E-state index contributed by atoms with van der Waals surface area (Å²) >= 11 is 0. The van der Waals surface area contributed by atoms with Crippen molar-refractivity contribution in [2.75, 3.05) is 13.7 Å². The summed E-state index contributed by atoms with van der Waals surface area (Å²) in [5.41, 5.74) is 1.14. The molecular weight excluding hydrogens is 434 g/mol. The number of methoxy groups -OCH3 is 1. The molecule has 3 aliphatic rings. The molecule has 0 N–H and O–H groups in total. The van der Waals surface area contributed by atoms with Gasteiger partial charge in [0.2, 0.25) is 11.8 Å². The number of likely N-dealkylation sites (tertiary alicyclic amines) is 1. The third-order valence-electron chi connectivity index (χ3n) is 7.10. The number of amides is 2. The van der Waals surface area contributed by atoms with Crippen molar-refractivity contribution in [3.63, 3.8) is 0 Å². The van der Waals surface area contributed by atoms with Crippen LogP contribution in [0.2, 0.25) is 0 Å². The Kier molecular flexibility index (Phi) is 5.77. The minimum Gasteiger partial charge on any atom is -0.497 e. The average molecular weight is 459 g/mol. The number of carbonyl (C=O) groups excluding carboxylic acids is 4. The maximum absolute atomic E-state index is 13.3. The van der Waals surface area contributed by atoms with Crippen LogP contribution in [0.25, 0.3) is 0 Å². The van der Waals surface area contributed by atoms with Gasteiger partial charge in [-0.25, -0.2) is 4.79 Å². The van der Waals surface area contributed by atoms with E-state index in [0.717, 1.165) is 16.9 Å². The number of carbonyl (C=O) groups is 4. The Hall–Kier alpha value is -3.74. The lowest BCUT2D eigenvalue weighted by Crippen LogP contribution is -2.48. The SMILES string of the molecule is COc1cccc(C(=O)COC(=O)[C@H](Cc2ccccc2)N2C(=O)[C@@H]3[C@@H](C2=O)[C@H]2C=C[C@H]3C2)c1. The van der Waals surface area contributed by atoms with Crippen molar-refractivity contribution in [2.45, 2.75) is 18.9 Å². The minimum absolute atomic E-state index is 0.0412. The van der Waals surface area contributed by atoms with Gasteiger partial charge < -0.3 is 9.47 Å². The molecule has 7 nitrogen and oxygen atoms in total. The summed E-state index contributed by atoms with van der Waals surface area (Å²) in [6, 6.07) is 14.6. The number of hydrogen-bond acceptors (Lipinski definition) is 6. The highest BCUT2D eigenvalue weighted by Gasteiger charge is 2.61. The van der Waals surface area contributed by atoms with Gasteiger partial charge in [0.1, 0.15) is 11.8 Å². The Labute approximate surface area is 197 Å². The number of fused-ring (bicyclic) bond motifs is 5. The smallest absolute Gasteiger partial charge is 0.330 e. The number of rotatable bonds is 8. The number of ether oxygens (including phenoxy) is 2. The molecule has 2 aromatic carbocycles. The molecule has 0 spiro atoms. The van der Waals surface area contributed by atoms with Crippen molar-refractivity contribution < 1.29 is 28.7 Å². The van der Waals surface area contributed by atoms with Crippen LogP contribution >= 0.6 is 0 Å². The van der Waals surface area contributed by atoms with Gasteiger partial charge in [0.15, 0.2) is 12.4 Å². The third-order valence-corrected chi connectivity index (χ3v) is 7.10. The van der Waals surface area contributed by atoms with Crippen LogP contribution in [0.4, 0.5) is 0 Å². The van der Waals surface area contributed by atoms with Gasteiger partial charge in [-0.3, -0.25) is 19.3 Å². The zero-order valence-corrected chi connectivity index (χ0v) is 18.8. The van der Waals surface area contributed by atoms with E-state index in [4.69, 9.17) is 9.47 Å². The van der Waals surface area contributed by atoms with Crippen LogP contribution < -0.4 is 4.74 Å². The van der Waals surface area contributed by atoms with Gasteiger partial charge in [-0.05, 0) is 36.0 Å². The van der Waals surface area contributed by atoms with E-state index < -0.39 is 36.2 Å². The maximum Gasteiger partial charge on any atom is 0.330 e. The van der Waals surface area contributed by atoms with Crippen molar-refractivity contribution >= 4 is 23.6 Å². The van der Waals surface area contributed by atoms with Crippen LogP contribution in [0, 0.1) is 23.7 Å². The Bertz CT molecular complexity index is 1140. The van der Waals surface area contributed by atoms with E-state index >= 15 is 0 Å². The first-order valence-electron chi connectivity index (χ1n) is 11.4. The first-order chi connectivity index (χ1) is 16.5. The molecule has 2 aliphatic carbocycles. The summed E-state index contributed by atoms with van der Waals surface area (Å²) in [7, 11) is 1.50. The molecule has 7 heteroatoms. The summed E-state index contributed by atoms with van der Waals surface area (Å²) in [5.74, 6) is -2.01. The van der Waals surface area contributed by atoms with Crippen molar-refractivity contribution in [3.05, 3.63) is 77.9 Å². The number of hydrogen-bond donors (Lipinski definition) is 0. The molecule has 1 saturated heterocycles. The molecule has 2 aromatic rings. The third kappa shape index (κ3) is 3.81. The zero-order chi connectivity index (χ0) is 23.8. The summed E-state index contributed by atoms with van der Waals surface area (Å²) < 4.78 is 10.5.